The van der Waals surface area contributed by atoms with E-state index in [1.165, 1.54) is 51.4 Å². The van der Waals surface area contributed by atoms with Gasteiger partial charge in [0.05, 0.1) is 0 Å². The molecular weight excluding hydrogens is 410 g/mol. The molecule has 0 aromatic heterocycles. The third-order valence-electron chi connectivity index (χ3n) is 9.64. The molecule has 1 unspecified atom stereocenters. The second-order valence-electron chi connectivity index (χ2n) is 11.9. The summed E-state index contributed by atoms with van der Waals surface area (Å²) < 4.78 is 0. The first-order chi connectivity index (χ1) is 16.0. The average Bonchev–Trinajstić information content (AvgIpc) is 3.22. The minimum absolute atomic E-state index is 0.136. The molecule has 4 aliphatic carbocycles. The minimum atomic E-state index is 0.136. The lowest BCUT2D eigenvalue weighted by molar-refractivity contribution is -0.124. The molecular formula is C28H39N3O2. The summed E-state index contributed by atoms with van der Waals surface area (Å²) >= 11 is 0. The van der Waals surface area contributed by atoms with Gasteiger partial charge in [0.1, 0.15) is 0 Å². The molecule has 5 nitrogen and oxygen atoms in total. The summed E-state index contributed by atoms with van der Waals surface area (Å²) in [4.78, 5) is 31.1. The average molecular weight is 450 g/mol. The molecule has 4 bridgehead atoms. The Labute approximate surface area is 198 Å². The van der Waals surface area contributed by atoms with Crippen molar-refractivity contribution in [1.82, 2.24) is 9.80 Å². The van der Waals surface area contributed by atoms with E-state index in [0.29, 0.717) is 12.5 Å². The number of nitrogens with zero attached hydrogens (tertiary/aromatic N) is 2. The van der Waals surface area contributed by atoms with Crippen LogP contribution >= 0.6 is 0 Å². The zero-order valence-electron chi connectivity index (χ0n) is 20.2. The fourth-order valence-corrected chi connectivity index (χ4v) is 8.68. The number of benzene rings is 1. The van der Waals surface area contributed by atoms with Crippen molar-refractivity contribution >= 4 is 17.5 Å². The molecule has 2 heterocycles. The maximum Gasteiger partial charge on any atom is 0.254 e. The Morgan fingerprint density at radius 3 is 2.52 bits per heavy atom. The lowest BCUT2D eigenvalue weighted by Crippen LogP contribution is -2.47. The topological polar surface area (TPSA) is 52.6 Å². The number of amides is 2. The molecule has 5 heteroatoms. The predicted molar refractivity (Wildman–Crippen MR) is 130 cm³/mol. The summed E-state index contributed by atoms with van der Waals surface area (Å²) in [7, 11) is 0. The van der Waals surface area contributed by atoms with Gasteiger partial charge in [0.2, 0.25) is 5.91 Å². The van der Waals surface area contributed by atoms with E-state index in [0.717, 1.165) is 67.2 Å². The number of rotatable bonds is 6. The monoisotopic (exact) mass is 449 g/mol. The number of carbonyl (C=O) groups excluding carboxylic acids is 2. The van der Waals surface area contributed by atoms with E-state index in [1.807, 2.05) is 23.1 Å². The molecule has 1 aromatic carbocycles. The van der Waals surface area contributed by atoms with Crippen LogP contribution in [0, 0.1) is 23.2 Å². The largest absolute Gasteiger partial charge is 0.337 e. The summed E-state index contributed by atoms with van der Waals surface area (Å²) in [6, 6.07) is 6.37. The number of likely N-dealkylation sites (N-methyl/N-ethyl adjacent to an activating group) is 1. The Kier molecular flexibility index (Phi) is 5.51. The van der Waals surface area contributed by atoms with Crippen LogP contribution in [-0.2, 0) is 11.2 Å². The Bertz CT molecular complexity index is 906. The summed E-state index contributed by atoms with van der Waals surface area (Å²) in [5, 5.41) is 3.25. The van der Waals surface area contributed by atoms with E-state index in [-0.39, 0.29) is 17.2 Å². The van der Waals surface area contributed by atoms with Gasteiger partial charge in [-0.15, -0.1) is 0 Å². The Hall–Kier alpha value is -1.88. The predicted octanol–water partition coefficient (Wildman–Crippen LogP) is 4.71. The van der Waals surface area contributed by atoms with Gasteiger partial charge in [-0.3, -0.25) is 14.5 Å². The van der Waals surface area contributed by atoms with Crippen LogP contribution in [0.2, 0.25) is 0 Å². The first-order valence-corrected chi connectivity index (χ1v) is 13.5. The molecule has 4 saturated carbocycles. The molecule has 6 aliphatic rings. The molecule has 2 amide bonds. The molecule has 2 aliphatic heterocycles. The summed E-state index contributed by atoms with van der Waals surface area (Å²) in [6.45, 7) is 6.00. The minimum Gasteiger partial charge on any atom is -0.337 e. The summed E-state index contributed by atoms with van der Waals surface area (Å²) in [6.07, 6.45) is 11.9. The van der Waals surface area contributed by atoms with Gasteiger partial charge < -0.3 is 10.2 Å². The van der Waals surface area contributed by atoms with Gasteiger partial charge in [-0.2, -0.15) is 0 Å². The van der Waals surface area contributed by atoms with Crippen LogP contribution in [0.3, 0.4) is 0 Å². The molecule has 1 aromatic rings. The van der Waals surface area contributed by atoms with Gasteiger partial charge >= 0.3 is 0 Å². The van der Waals surface area contributed by atoms with Crippen LogP contribution in [0.15, 0.2) is 18.2 Å². The van der Waals surface area contributed by atoms with Crippen LogP contribution in [0.5, 0.6) is 0 Å². The molecule has 1 saturated heterocycles. The van der Waals surface area contributed by atoms with E-state index in [1.54, 1.807) is 0 Å². The fourth-order valence-electron chi connectivity index (χ4n) is 8.68. The van der Waals surface area contributed by atoms with Crippen molar-refractivity contribution in [3.05, 3.63) is 29.3 Å². The Morgan fingerprint density at radius 2 is 1.82 bits per heavy atom. The van der Waals surface area contributed by atoms with Gasteiger partial charge in [-0.25, -0.2) is 0 Å². The maximum absolute atomic E-state index is 13.3. The van der Waals surface area contributed by atoms with Gasteiger partial charge in [-0.05, 0) is 112 Å². The molecule has 178 valence electrons. The smallest absolute Gasteiger partial charge is 0.254 e. The van der Waals surface area contributed by atoms with Crippen LogP contribution < -0.4 is 5.32 Å². The number of nitrogens with one attached hydrogen (secondary N) is 1. The molecule has 5 fully saturated rings. The number of carbonyl (C=O) groups is 2. The molecule has 33 heavy (non-hydrogen) atoms. The Morgan fingerprint density at radius 1 is 1.09 bits per heavy atom. The van der Waals surface area contributed by atoms with Gasteiger partial charge in [0, 0.05) is 36.8 Å². The number of anilines is 1. The normalized spacial score (nSPS) is 35.2. The van der Waals surface area contributed by atoms with Gasteiger partial charge in [-0.1, -0.05) is 13.0 Å². The molecule has 0 spiro atoms. The molecule has 1 atom stereocenters. The van der Waals surface area contributed by atoms with Crippen LogP contribution in [-0.4, -0.2) is 53.8 Å². The SMILES string of the molecule is CCN1CCCC1CN1CCc2c(NC(=O)CC34CC5CC(CC(C5)C3)C4)cccc2C1=O. The van der Waals surface area contributed by atoms with Crippen molar-refractivity contribution in [3.8, 4) is 0 Å². The van der Waals surface area contributed by atoms with Crippen molar-refractivity contribution in [2.75, 3.05) is 31.5 Å². The quantitative estimate of drug-likeness (QED) is 0.684. The molecule has 1 N–H and O–H groups in total. The van der Waals surface area contributed by atoms with Crippen LogP contribution in [0.1, 0.15) is 80.6 Å². The Balaban J connectivity index is 1.14. The van der Waals surface area contributed by atoms with Crippen LogP contribution in [0.25, 0.3) is 0 Å². The van der Waals surface area contributed by atoms with Gasteiger partial charge in [0.15, 0.2) is 0 Å². The van der Waals surface area contributed by atoms with Crippen molar-refractivity contribution in [2.24, 2.45) is 23.2 Å². The maximum atomic E-state index is 13.3. The van der Waals surface area contributed by atoms with E-state index in [9.17, 15) is 9.59 Å². The highest BCUT2D eigenvalue weighted by molar-refractivity contribution is 6.00. The standard InChI is InChI=1S/C28H39N3O2/c1-2-30-9-4-5-22(30)18-31-10-8-23-24(27(31)33)6-3-7-25(23)29-26(32)17-28-14-19-11-20(15-28)13-21(12-19)16-28/h3,6-7,19-22H,2,4-5,8-18H2,1H3,(H,29,32). The van der Waals surface area contributed by atoms with E-state index >= 15 is 0 Å². The first-order valence-electron chi connectivity index (χ1n) is 13.5. The van der Waals surface area contributed by atoms with Crippen molar-refractivity contribution in [3.63, 3.8) is 0 Å². The fraction of sp³-hybridized carbons (Fsp3) is 0.714. The summed E-state index contributed by atoms with van der Waals surface area (Å²) in [5.41, 5.74) is 2.93. The van der Waals surface area contributed by atoms with E-state index in [4.69, 9.17) is 0 Å². The second-order valence-corrected chi connectivity index (χ2v) is 11.9. The number of hydrogen-bond donors (Lipinski definition) is 1. The van der Waals surface area contributed by atoms with Crippen molar-refractivity contribution in [2.45, 2.75) is 77.2 Å². The highest BCUT2D eigenvalue weighted by Gasteiger charge is 2.51. The lowest BCUT2D eigenvalue weighted by atomic mass is 9.49. The van der Waals surface area contributed by atoms with Crippen LogP contribution in [0.4, 0.5) is 5.69 Å². The van der Waals surface area contributed by atoms with E-state index in [2.05, 4.69) is 17.1 Å². The first kappa shape index (κ1) is 21.6. The number of fused-ring (bicyclic) bond motifs is 1. The van der Waals surface area contributed by atoms with E-state index < -0.39 is 0 Å². The molecule has 7 rings (SSSR count). The third kappa shape index (κ3) is 4.00. The lowest BCUT2D eigenvalue weighted by Gasteiger charge is -2.56. The number of hydrogen-bond acceptors (Lipinski definition) is 3. The zero-order chi connectivity index (χ0) is 22.6. The van der Waals surface area contributed by atoms with Crippen molar-refractivity contribution in [1.29, 1.82) is 0 Å². The highest BCUT2D eigenvalue weighted by atomic mass is 16.2. The van der Waals surface area contributed by atoms with Gasteiger partial charge in [0.25, 0.3) is 5.91 Å². The second kappa shape index (κ2) is 8.41. The number of likely N-dealkylation sites (tertiary alicyclic amines) is 1. The highest BCUT2D eigenvalue weighted by Crippen LogP contribution is 2.61. The zero-order valence-corrected chi connectivity index (χ0v) is 20.2. The third-order valence-corrected chi connectivity index (χ3v) is 9.64. The van der Waals surface area contributed by atoms with Crippen molar-refractivity contribution < 1.29 is 9.59 Å². The summed E-state index contributed by atoms with van der Waals surface area (Å²) in [5.74, 6) is 2.88. The molecule has 0 radical (unpaired) electrons.